The lowest BCUT2D eigenvalue weighted by atomic mass is 10.2. The SMILES string of the molecule is Cc1nc(NCCC[NH+]2CCOCC2)c2oc3ccccc3c2n1.[Cl-]. The molecular formula is C18H23ClN4O2. The van der Waals surface area contributed by atoms with Gasteiger partial charge in [-0.1, -0.05) is 12.1 Å². The maximum atomic E-state index is 5.98. The molecule has 6 nitrogen and oxygen atoms in total. The number of ether oxygens (including phenoxy) is 1. The summed E-state index contributed by atoms with van der Waals surface area (Å²) in [6.07, 6.45) is 1.10. The number of hydrogen-bond acceptors (Lipinski definition) is 5. The van der Waals surface area contributed by atoms with Crippen LogP contribution in [0.2, 0.25) is 0 Å². The molecule has 1 aliphatic rings. The average molecular weight is 363 g/mol. The monoisotopic (exact) mass is 362 g/mol. The minimum absolute atomic E-state index is 0. The molecule has 0 bridgehead atoms. The molecule has 1 aromatic carbocycles. The first-order valence-electron chi connectivity index (χ1n) is 8.62. The summed E-state index contributed by atoms with van der Waals surface area (Å²) in [5, 5.41) is 4.48. The molecule has 0 spiro atoms. The maximum Gasteiger partial charge on any atom is 0.196 e. The maximum absolute atomic E-state index is 5.98. The van der Waals surface area contributed by atoms with Crippen LogP contribution in [-0.4, -0.2) is 49.4 Å². The van der Waals surface area contributed by atoms with Crippen LogP contribution in [0, 0.1) is 6.92 Å². The van der Waals surface area contributed by atoms with E-state index in [0.29, 0.717) is 0 Å². The largest absolute Gasteiger partial charge is 1.00 e. The summed E-state index contributed by atoms with van der Waals surface area (Å²) < 4.78 is 11.4. The van der Waals surface area contributed by atoms with Crippen molar-refractivity contribution in [2.45, 2.75) is 13.3 Å². The highest BCUT2D eigenvalue weighted by atomic mass is 35.5. The van der Waals surface area contributed by atoms with Crippen LogP contribution < -0.4 is 22.6 Å². The van der Waals surface area contributed by atoms with Crippen molar-refractivity contribution in [2.24, 2.45) is 0 Å². The second-order valence-corrected chi connectivity index (χ2v) is 6.29. The van der Waals surface area contributed by atoms with E-state index < -0.39 is 0 Å². The molecule has 0 atom stereocenters. The number of halogens is 1. The highest BCUT2D eigenvalue weighted by Crippen LogP contribution is 2.30. The minimum Gasteiger partial charge on any atom is -1.00 e. The molecule has 4 rings (SSSR count). The van der Waals surface area contributed by atoms with Gasteiger partial charge in [0.05, 0.1) is 19.8 Å². The number of benzene rings is 1. The third kappa shape index (κ3) is 3.86. The summed E-state index contributed by atoms with van der Waals surface area (Å²) in [6, 6.07) is 7.99. The highest BCUT2D eigenvalue weighted by Gasteiger charge is 2.15. The molecule has 2 N–H and O–H groups in total. The lowest BCUT2D eigenvalue weighted by molar-refractivity contribution is -0.908. The van der Waals surface area contributed by atoms with E-state index in [1.807, 2.05) is 31.2 Å². The van der Waals surface area contributed by atoms with Crippen LogP contribution in [0.4, 0.5) is 5.82 Å². The third-order valence-electron chi connectivity index (χ3n) is 4.53. The van der Waals surface area contributed by atoms with Crippen LogP contribution in [-0.2, 0) is 4.74 Å². The van der Waals surface area contributed by atoms with E-state index in [4.69, 9.17) is 9.15 Å². The average Bonchev–Trinajstić information content (AvgIpc) is 2.98. The molecule has 0 unspecified atom stereocenters. The lowest BCUT2D eigenvalue weighted by Crippen LogP contribution is -3.14. The number of nitrogens with one attached hydrogen (secondary N) is 2. The Bertz CT molecular complexity index is 846. The van der Waals surface area contributed by atoms with Gasteiger partial charge in [0.2, 0.25) is 0 Å². The second-order valence-electron chi connectivity index (χ2n) is 6.29. The van der Waals surface area contributed by atoms with E-state index in [9.17, 15) is 0 Å². The van der Waals surface area contributed by atoms with E-state index in [-0.39, 0.29) is 12.4 Å². The molecule has 3 aromatic rings. The third-order valence-corrected chi connectivity index (χ3v) is 4.53. The molecule has 134 valence electrons. The van der Waals surface area contributed by atoms with E-state index in [2.05, 4.69) is 15.3 Å². The number of rotatable bonds is 5. The van der Waals surface area contributed by atoms with Gasteiger partial charge in [-0.2, -0.15) is 0 Å². The summed E-state index contributed by atoms with van der Waals surface area (Å²) in [4.78, 5) is 10.7. The van der Waals surface area contributed by atoms with Gasteiger partial charge in [0.25, 0.3) is 0 Å². The van der Waals surface area contributed by atoms with Crippen molar-refractivity contribution < 1.29 is 26.5 Å². The van der Waals surface area contributed by atoms with E-state index >= 15 is 0 Å². The zero-order chi connectivity index (χ0) is 16.4. The van der Waals surface area contributed by atoms with Gasteiger partial charge in [-0.25, -0.2) is 9.97 Å². The Balaban J connectivity index is 0.00000182. The number of aromatic nitrogens is 2. The van der Waals surface area contributed by atoms with Crippen molar-refractivity contribution in [3.8, 4) is 0 Å². The van der Waals surface area contributed by atoms with Gasteiger partial charge in [0, 0.05) is 18.4 Å². The number of hydrogen-bond donors (Lipinski definition) is 2. The lowest BCUT2D eigenvalue weighted by Gasteiger charge is -2.23. The first-order valence-corrected chi connectivity index (χ1v) is 8.62. The first-order chi connectivity index (χ1) is 11.8. The number of para-hydroxylation sites is 1. The van der Waals surface area contributed by atoms with Crippen molar-refractivity contribution >= 4 is 27.9 Å². The van der Waals surface area contributed by atoms with Crippen molar-refractivity contribution in [1.29, 1.82) is 0 Å². The summed E-state index contributed by atoms with van der Waals surface area (Å²) in [6.45, 7) is 7.95. The first kappa shape index (κ1) is 17.9. The molecule has 1 saturated heterocycles. The minimum atomic E-state index is 0. The van der Waals surface area contributed by atoms with Crippen LogP contribution >= 0.6 is 0 Å². The number of fused-ring (bicyclic) bond motifs is 3. The van der Waals surface area contributed by atoms with Crippen molar-refractivity contribution in [3.63, 3.8) is 0 Å². The van der Waals surface area contributed by atoms with Crippen molar-refractivity contribution in [1.82, 2.24) is 9.97 Å². The fourth-order valence-electron chi connectivity index (χ4n) is 3.28. The standard InChI is InChI=1S/C18H22N4O2.ClH/c1-13-20-16-14-5-2-3-6-15(14)24-17(16)18(21-13)19-7-4-8-22-9-11-23-12-10-22;/h2-3,5-6H,4,7-12H2,1H3,(H,19,20,21);1H. The fraction of sp³-hybridized carbons (Fsp3) is 0.444. The number of aryl methyl sites for hydroxylation is 1. The Morgan fingerprint density at radius 3 is 2.80 bits per heavy atom. The molecule has 0 saturated carbocycles. The fourth-order valence-corrected chi connectivity index (χ4v) is 3.28. The molecule has 0 aliphatic carbocycles. The molecule has 3 heterocycles. The summed E-state index contributed by atoms with van der Waals surface area (Å²) in [5.74, 6) is 1.56. The van der Waals surface area contributed by atoms with Crippen LogP contribution in [0.3, 0.4) is 0 Å². The van der Waals surface area contributed by atoms with Gasteiger partial charge in [-0.3, -0.25) is 0 Å². The summed E-state index contributed by atoms with van der Waals surface area (Å²) in [5.41, 5.74) is 2.49. The number of furan rings is 1. The molecule has 2 aromatic heterocycles. The van der Waals surface area contributed by atoms with Gasteiger partial charge in [0.1, 0.15) is 30.0 Å². The topological polar surface area (TPSA) is 64.6 Å². The zero-order valence-electron chi connectivity index (χ0n) is 14.3. The normalized spacial score (nSPS) is 15.4. The van der Waals surface area contributed by atoms with Gasteiger partial charge < -0.3 is 31.8 Å². The Kier molecular flexibility index (Phi) is 5.73. The number of quaternary nitrogens is 1. The van der Waals surface area contributed by atoms with Gasteiger partial charge in [0.15, 0.2) is 11.4 Å². The van der Waals surface area contributed by atoms with Crippen LogP contribution in [0.1, 0.15) is 12.2 Å². The molecule has 25 heavy (non-hydrogen) atoms. The van der Waals surface area contributed by atoms with Crippen molar-refractivity contribution in [3.05, 3.63) is 30.1 Å². The number of anilines is 1. The Morgan fingerprint density at radius 1 is 1.16 bits per heavy atom. The molecular weight excluding hydrogens is 340 g/mol. The predicted octanol–water partition coefficient (Wildman–Crippen LogP) is -1.59. The summed E-state index contributed by atoms with van der Waals surface area (Å²) >= 11 is 0. The van der Waals surface area contributed by atoms with Gasteiger partial charge in [-0.15, -0.1) is 0 Å². The Labute approximate surface area is 153 Å². The molecule has 7 heteroatoms. The number of nitrogens with zero attached hydrogens (tertiary/aromatic N) is 2. The highest BCUT2D eigenvalue weighted by molar-refractivity contribution is 6.05. The zero-order valence-corrected chi connectivity index (χ0v) is 15.1. The van der Waals surface area contributed by atoms with Crippen LogP contribution in [0.5, 0.6) is 0 Å². The van der Waals surface area contributed by atoms with E-state index in [1.165, 1.54) is 0 Å². The molecule has 0 radical (unpaired) electrons. The Hall–Kier alpha value is -1.89. The molecule has 1 fully saturated rings. The second kappa shape index (κ2) is 7.99. The molecule has 1 aliphatic heterocycles. The smallest absolute Gasteiger partial charge is 0.196 e. The van der Waals surface area contributed by atoms with E-state index in [1.54, 1.807) is 4.90 Å². The quantitative estimate of drug-likeness (QED) is 0.536. The van der Waals surface area contributed by atoms with Crippen LogP contribution in [0.25, 0.3) is 22.1 Å². The van der Waals surface area contributed by atoms with Gasteiger partial charge in [-0.05, 0) is 19.1 Å². The molecule has 0 amide bonds. The number of morpholine rings is 1. The van der Waals surface area contributed by atoms with Crippen LogP contribution in [0.15, 0.2) is 28.7 Å². The summed E-state index contributed by atoms with van der Waals surface area (Å²) in [7, 11) is 0. The Morgan fingerprint density at radius 2 is 1.96 bits per heavy atom. The van der Waals surface area contributed by atoms with Gasteiger partial charge >= 0.3 is 0 Å². The van der Waals surface area contributed by atoms with Crippen molar-refractivity contribution in [2.75, 3.05) is 44.7 Å². The van der Waals surface area contributed by atoms with E-state index in [0.717, 1.165) is 79.5 Å². The predicted molar refractivity (Wildman–Crippen MR) is 93.5 cm³/mol.